The third-order valence-corrected chi connectivity index (χ3v) is 3.30. The minimum atomic E-state index is -4.12. The van der Waals surface area contributed by atoms with E-state index < -0.39 is 22.7 Å². The lowest BCUT2D eigenvalue weighted by molar-refractivity contribution is -0.139. The zero-order valence-electron chi connectivity index (χ0n) is 8.71. The molecule has 1 rings (SSSR count). The summed E-state index contributed by atoms with van der Waals surface area (Å²) in [4.78, 5) is 9.98. The summed E-state index contributed by atoms with van der Waals surface area (Å²) in [6.07, 6.45) is 0. The maximum Gasteiger partial charge on any atom is 0.331 e. The first-order valence-corrected chi connectivity index (χ1v) is 6.10. The zero-order chi connectivity index (χ0) is 13.1. The van der Waals surface area contributed by atoms with E-state index in [1.807, 2.05) is 0 Å². The van der Waals surface area contributed by atoms with E-state index in [0.717, 1.165) is 6.07 Å². The molecule has 0 heterocycles. The van der Waals surface area contributed by atoms with Crippen molar-refractivity contribution in [2.24, 2.45) is 0 Å². The molecule has 0 amide bonds. The molecule has 0 saturated carbocycles. The molecule has 94 valence electrons. The number of rotatable bonds is 5. The molecule has 0 aliphatic carbocycles. The molecule has 6 nitrogen and oxygen atoms in total. The predicted octanol–water partition coefficient (Wildman–Crippen LogP) is 1.14. The molecule has 0 spiro atoms. The highest BCUT2D eigenvalue weighted by Crippen LogP contribution is 2.27. The van der Waals surface area contributed by atoms with Gasteiger partial charge in [-0.1, -0.05) is 11.6 Å². The standard InChI is InChI=1S/C9H9ClO6S/c1-15-8-3-2-6(4-7(8)10)17(13,14)16-5-9(11)12/h2-4H,5H2,1H3,(H,11,12). The van der Waals surface area contributed by atoms with Crippen molar-refractivity contribution >= 4 is 27.7 Å². The van der Waals surface area contributed by atoms with Crippen LogP contribution in [0.15, 0.2) is 23.1 Å². The van der Waals surface area contributed by atoms with Crippen LogP contribution in [-0.2, 0) is 19.1 Å². The van der Waals surface area contributed by atoms with Crippen LogP contribution in [0.1, 0.15) is 0 Å². The summed E-state index contributed by atoms with van der Waals surface area (Å²) < 4.78 is 32.1. The number of aliphatic carboxylic acids is 1. The molecule has 17 heavy (non-hydrogen) atoms. The maximum absolute atomic E-state index is 11.5. The summed E-state index contributed by atoms with van der Waals surface area (Å²) in [5, 5.41) is 8.42. The van der Waals surface area contributed by atoms with Crippen LogP contribution in [0.25, 0.3) is 0 Å². The Balaban J connectivity index is 2.99. The van der Waals surface area contributed by atoms with Crippen molar-refractivity contribution in [3.05, 3.63) is 23.2 Å². The topological polar surface area (TPSA) is 89.9 Å². The molecule has 0 saturated heterocycles. The van der Waals surface area contributed by atoms with Crippen LogP contribution < -0.4 is 4.74 Å². The molecule has 1 aromatic rings. The van der Waals surface area contributed by atoms with Gasteiger partial charge in [-0.3, -0.25) is 4.18 Å². The molecule has 1 aromatic carbocycles. The summed E-state index contributed by atoms with van der Waals surface area (Å²) >= 11 is 5.74. The number of carbonyl (C=O) groups is 1. The highest BCUT2D eigenvalue weighted by atomic mass is 35.5. The number of hydrogen-bond acceptors (Lipinski definition) is 5. The van der Waals surface area contributed by atoms with Gasteiger partial charge in [0, 0.05) is 0 Å². The van der Waals surface area contributed by atoms with Gasteiger partial charge < -0.3 is 9.84 Å². The van der Waals surface area contributed by atoms with Gasteiger partial charge in [0.2, 0.25) is 0 Å². The van der Waals surface area contributed by atoms with Crippen molar-refractivity contribution in [1.82, 2.24) is 0 Å². The number of methoxy groups -OCH3 is 1. The molecule has 0 bridgehead atoms. The SMILES string of the molecule is COc1ccc(S(=O)(=O)OCC(=O)O)cc1Cl. The number of carboxylic acid groups (broad SMARTS) is 1. The Morgan fingerprint density at radius 2 is 2.12 bits per heavy atom. The van der Waals surface area contributed by atoms with Crippen LogP contribution in [0.5, 0.6) is 5.75 Å². The Labute approximate surface area is 103 Å². The number of halogens is 1. The Hall–Kier alpha value is -1.31. The molecular weight excluding hydrogens is 272 g/mol. The lowest BCUT2D eigenvalue weighted by Gasteiger charge is -2.06. The summed E-state index contributed by atoms with van der Waals surface area (Å²) in [7, 11) is -2.74. The largest absolute Gasteiger partial charge is 0.495 e. The second-order valence-corrected chi connectivity index (χ2v) is 4.93. The van der Waals surface area contributed by atoms with E-state index in [2.05, 4.69) is 4.18 Å². The third kappa shape index (κ3) is 3.58. The van der Waals surface area contributed by atoms with E-state index in [0.29, 0.717) is 5.75 Å². The fraction of sp³-hybridized carbons (Fsp3) is 0.222. The normalized spacial score (nSPS) is 11.2. The third-order valence-electron chi connectivity index (χ3n) is 1.75. The van der Waals surface area contributed by atoms with Gasteiger partial charge in [0.15, 0.2) is 6.61 Å². The van der Waals surface area contributed by atoms with E-state index in [1.54, 1.807) is 0 Å². The van der Waals surface area contributed by atoms with Gasteiger partial charge in [0.25, 0.3) is 10.1 Å². The highest BCUT2D eigenvalue weighted by Gasteiger charge is 2.18. The van der Waals surface area contributed by atoms with Gasteiger partial charge in [-0.25, -0.2) is 4.79 Å². The van der Waals surface area contributed by atoms with Crippen LogP contribution in [0.2, 0.25) is 5.02 Å². The zero-order valence-corrected chi connectivity index (χ0v) is 10.3. The first kappa shape index (κ1) is 13.8. The molecular formula is C9H9ClO6S. The summed E-state index contributed by atoms with van der Waals surface area (Å²) in [6, 6.07) is 3.68. The van der Waals surface area contributed by atoms with Crippen LogP contribution >= 0.6 is 11.6 Å². The first-order chi connectivity index (χ1) is 7.86. The molecule has 0 aliphatic heterocycles. The Bertz CT molecular complexity index is 524. The van der Waals surface area contributed by atoms with Crippen molar-refractivity contribution in [3.8, 4) is 5.75 Å². The Kier molecular flexibility index (Phi) is 4.33. The van der Waals surface area contributed by atoms with Crippen molar-refractivity contribution in [3.63, 3.8) is 0 Å². The van der Waals surface area contributed by atoms with Crippen molar-refractivity contribution < 1.29 is 27.2 Å². The Morgan fingerprint density at radius 3 is 2.59 bits per heavy atom. The summed E-state index contributed by atoms with van der Waals surface area (Å²) in [5.74, 6) is -1.07. The molecule has 0 unspecified atom stereocenters. The smallest absolute Gasteiger partial charge is 0.331 e. The minimum Gasteiger partial charge on any atom is -0.495 e. The van der Waals surface area contributed by atoms with Crippen molar-refractivity contribution in [1.29, 1.82) is 0 Å². The van der Waals surface area contributed by atoms with Crippen LogP contribution in [0.4, 0.5) is 0 Å². The fourth-order valence-electron chi connectivity index (χ4n) is 0.999. The Morgan fingerprint density at radius 1 is 1.47 bits per heavy atom. The van der Waals surface area contributed by atoms with E-state index in [9.17, 15) is 13.2 Å². The summed E-state index contributed by atoms with van der Waals surface area (Å²) in [6.45, 7) is -0.939. The van der Waals surface area contributed by atoms with Crippen LogP contribution in [0, 0.1) is 0 Å². The number of carboxylic acids is 1. The fourth-order valence-corrected chi connectivity index (χ4v) is 2.21. The summed E-state index contributed by atoms with van der Waals surface area (Å²) in [5.41, 5.74) is 0. The second-order valence-electron chi connectivity index (χ2n) is 2.91. The van der Waals surface area contributed by atoms with E-state index in [-0.39, 0.29) is 9.92 Å². The maximum atomic E-state index is 11.5. The molecule has 0 aliphatic rings. The van der Waals surface area contributed by atoms with Gasteiger partial charge in [-0.05, 0) is 18.2 Å². The molecule has 8 heteroatoms. The van der Waals surface area contributed by atoms with Gasteiger partial charge in [0.05, 0.1) is 17.0 Å². The van der Waals surface area contributed by atoms with Gasteiger partial charge in [-0.15, -0.1) is 0 Å². The average molecular weight is 281 g/mol. The van der Waals surface area contributed by atoms with Crippen LogP contribution in [0.3, 0.4) is 0 Å². The van der Waals surface area contributed by atoms with Gasteiger partial charge >= 0.3 is 5.97 Å². The lowest BCUT2D eigenvalue weighted by atomic mass is 10.3. The van der Waals surface area contributed by atoms with E-state index >= 15 is 0 Å². The molecule has 0 fully saturated rings. The number of ether oxygens (including phenoxy) is 1. The molecule has 0 radical (unpaired) electrons. The molecule has 1 N–H and O–H groups in total. The molecule has 0 atom stereocenters. The number of hydrogen-bond donors (Lipinski definition) is 1. The number of benzene rings is 1. The van der Waals surface area contributed by atoms with Crippen molar-refractivity contribution in [2.45, 2.75) is 4.90 Å². The monoisotopic (exact) mass is 280 g/mol. The van der Waals surface area contributed by atoms with E-state index in [1.165, 1.54) is 19.2 Å². The minimum absolute atomic E-state index is 0.0903. The highest BCUT2D eigenvalue weighted by molar-refractivity contribution is 7.86. The van der Waals surface area contributed by atoms with E-state index in [4.69, 9.17) is 21.4 Å². The van der Waals surface area contributed by atoms with Gasteiger partial charge in [0.1, 0.15) is 5.75 Å². The predicted molar refractivity (Wildman–Crippen MR) is 58.8 cm³/mol. The van der Waals surface area contributed by atoms with Crippen LogP contribution in [-0.4, -0.2) is 33.2 Å². The van der Waals surface area contributed by atoms with Gasteiger partial charge in [-0.2, -0.15) is 8.42 Å². The second kappa shape index (κ2) is 5.35. The molecule has 0 aromatic heterocycles. The van der Waals surface area contributed by atoms with Crippen molar-refractivity contribution in [2.75, 3.05) is 13.7 Å². The first-order valence-electron chi connectivity index (χ1n) is 4.31. The lowest BCUT2D eigenvalue weighted by Crippen LogP contribution is -2.13. The quantitative estimate of drug-likeness (QED) is 0.814. The average Bonchev–Trinajstić information content (AvgIpc) is 2.26.